The summed E-state index contributed by atoms with van der Waals surface area (Å²) in [7, 11) is 3.78. The van der Waals surface area contributed by atoms with Gasteiger partial charge in [0.15, 0.2) is 5.78 Å². The average molecular weight is 262 g/mol. The minimum absolute atomic E-state index is 0.151. The third-order valence-electron chi connectivity index (χ3n) is 3.01. The number of hydrogen-bond donors (Lipinski definition) is 0. The van der Waals surface area contributed by atoms with E-state index in [1.54, 1.807) is 5.01 Å². The van der Waals surface area contributed by atoms with E-state index in [4.69, 9.17) is 0 Å². The molecule has 3 nitrogen and oxygen atoms in total. The van der Waals surface area contributed by atoms with Crippen LogP contribution in [0.3, 0.4) is 0 Å². The molecule has 0 saturated heterocycles. The first-order chi connectivity index (χ1) is 8.43. The van der Waals surface area contributed by atoms with Gasteiger partial charge in [0.25, 0.3) is 0 Å². The normalized spacial score (nSPS) is 17.1. The van der Waals surface area contributed by atoms with Gasteiger partial charge in [-0.3, -0.25) is 4.79 Å². The second-order valence-corrected chi connectivity index (χ2v) is 7.32. The van der Waals surface area contributed by atoms with Gasteiger partial charge in [-0.05, 0) is 23.0 Å². The summed E-state index contributed by atoms with van der Waals surface area (Å²) in [6, 6.07) is 0. The van der Waals surface area contributed by atoms with E-state index < -0.39 is 0 Å². The zero-order chi connectivity index (χ0) is 15.0. The average Bonchev–Trinajstić information content (AvgIpc) is 2.16. The lowest BCUT2D eigenvalue weighted by atomic mass is 9.72. The van der Waals surface area contributed by atoms with Gasteiger partial charge >= 0.3 is 0 Å². The van der Waals surface area contributed by atoms with Crippen LogP contribution in [0.2, 0.25) is 0 Å². The molecule has 0 heterocycles. The van der Waals surface area contributed by atoms with Gasteiger partial charge in [0, 0.05) is 25.2 Å². The fraction of sp³-hybridized carbons (Fsp3) is 0.625. The quantitative estimate of drug-likeness (QED) is 0.536. The summed E-state index contributed by atoms with van der Waals surface area (Å²) >= 11 is 0. The van der Waals surface area contributed by atoms with Crippen molar-refractivity contribution in [3.8, 4) is 0 Å². The van der Waals surface area contributed by atoms with Crippen molar-refractivity contribution in [2.45, 2.75) is 41.5 Å². The highest BCUT2D eigenvalue weighted by atomic mass is 16.1. The van der Waals surface area contributed by atoms with Gasteiger partial charge in [-0.1, -0.05) is 41.5 Å². The summed E-state index contributed by atoms with van der Waals surface area (Å²) < 4.78 is 0. The monoisotopic (exact) mass is 262 g/mol. The molecule has 0 fully saturated rings. The Bertz CT molecular complexity index is 430. The maximum Gasteiger partial charge on any atom is 0.186 e. The second-order valence-electron chi connectivity index (χ2n) is 7.32. The SMILES string of the molecule is CN(C)N=C1C=C(C(C)(C)C)C(=O)C(C(C)(C)C)=C1. The molecule has 0 radical (unpaired) electrons. The first-order valence-corrected chi connectivity index (χ1v) is 6.68. The Morgan fingerprint density at radius 2 is 1.26 bits per heavy atom. The molecule has 1 rings (SSSR count). The Kier molecular flexibility index (Phi) is 4.08. The fourth-order valence-corrected chi connectivity index (χ4v) is 2.02. The third-order valence-corrected chi connectivity index (χ3v) is 3.01. The van der Waals surface area contributed by atoms with Gasteiger partial charge in [-0.15, -0.1) is 0 Å². The lowest BCUT2D eigenvalue weighted by Crippen LogP contribution is -2.30. The zero-order valence-electron chi connectivity index (χ0n) is 13.5. The molecule has 0 unspecified atom stereocenters. The number of carbonyl (C=O) groups excluding carboxylic acids is 1. The van der Waals surface area contributed by atoms with Crippen LogP contribution in [-0.2, 0) is 4.79 Å². The van der Waals surface area contributed by atoms with Crippen LogP contribution in [0, 0.1) is 10.8 Å². The maximum atomic E-state index is 12.6. The van der Waals surface area contributed by atoms with Crippen molar-refractivity contribution < 1.29 is 4.79 Å². The number of hydrogen-bond acceptors (Lipinski definition) is 3. The van der Waals surface area contributed by atoms with Crippen LogP contribution < -0.4 is 0 Å². The highest BCUT2D eigenvalue weighted by Crippen LogP contribution is 2.36. The first-order valence-electron chi connectivity index (χ1n) is 6.68. The Morgan fingerprint density at radius 1 is 0.895 bits per heavy atom. The summed E-state index contributed by atoms with van der Waals surface area (Å²) in [5.74, 6) is 0.151. The van der Waals surface area contributed by atoms with Gasteiger partial charge in [0.2, 0.25) is 0 Å². The first kappa shape index (κ1) is 15.7. The molecule has 1 aliphatic rings. The van der Waals surface area contributed by atoms with E-state index in [9.17, 15) is 4.79 Å². The molecule has 0 aromatic carbocycles. The van der Waals surface area contributed by atoms with E-state index in [1.165, 1.54) is 0 Å². The molecule has 0 N–H and O–H groups in total. The van der Waals surface area contributed by atoms with Gasteiger partial charge in [-0.25, -0.2) is 0 Å². The predicted molar refractivity (Wildman–Crippen MR) is 81.2 cm³/mol. The number of Topliss-reactive ketones (excluding diaryl/α,β-unsaturated/α-hetero) is 1. The van der Waals surface area contributed by atoms with E-state index in [0.29, 0.717) is 0 Å². The molecule has 1 aliphatic carbocycles. The molecule has 3 heteroatoms. The van der Waals surface area contributed by atoms with Crippen LogP contribution in [0.4, 0.5) is 0 Å². The van der Waals surface area contributed by atoms with Gasteiger partial charge in [0.05, 0.1) is 5.71 Å². The van der Waals surface area contributed by atoms with E-state index in [0.717, 1.165) is 16.9 Å². The van der Waals surface area contributed by atoms with Crippen LogP contribution in [0.5, 0.6) is 0 Å². The predicted octanol–water partition coefficient (Wildman–Crippen LogP) is 3.43. The van der Waals surface area contributed by atoms with Crippen LogP contribution >= 0.6 is 0 Å². The minimum atomic E-state index is -0.172. The number of nitrogens with zero attached hydrogens (tertiary/aromatic N) is 2. The molecule has 0 bridgehead atoms. The van der Waals surface area contributed by atoms with Gasteiger partial charge < -0.3 is 5.01 Å². The molecule has 0 amide bonds. The van der Waals surface area contributed by atoms with Crippen LogP contribution in [0.15, 0.2) is 28.4 Å². The molecule has 0 aliphatic heterocycles. The Balaban J connectivity index is 3.39. The molecule has 0 saturated carbocycles. The number of ketones is 1. The fourth-order valence-electron chi connectivity index (χ4n) is 2.02. The van der Waals surface area contributed by atoms with Crippen molar-refractivity contribution in [1.29, 1.82) is 0 Å². The number of carbonyl (C=O) groups is 1. The van der Waals surface area contributed by atoms with E-state index >= 15 is 0 Å². The number of rotatable bonds is 1. The topological polar surface area (TPSA) is 32.7 Å². The van der Waals surface area contributed by atoms with Crippen molar-refractivity contribution in [2.75, 3.05) is 14.1 Å². The lowest BCUT2D eigenvalue weighted by Gasteiger charge is -2.31. The van der Waals surface area contributed by atoms with Gasteiger partial charge in [0.1, 0.15) is 0 Å². The van der Waals surface area contributed by atoms with E-state index in [-0.39, 0.29) is 16.6 Å². The summed E-state index contributed by atoms with van der Waals surface area (Å²) in [5, 5.41) is 6.21. The van der Waals surface area contributed by atoms with Crippen LogP contribution in [0.1, 0.15) is 41.5 Å². The smallest absolute Gasteiger partial charge is 0.186 e. The molecule has 106 valence electrons. The zero-order valence-corrected chi connectivity index (χ0v) is 13.5. The molecular formula is C16H26N2O. The summed E-state index contributed by atoms with van der Waals surface area (Å²) in [4.78, 5) is 12.6. The van der Waals surface area contributed by atoms with E-state index in [1.807, 2.05) is 26.2 Å². The van der Waals surface area contributed by atoms with Crippen molar-refractivity contribution in [2.24, 2.45) is 15.9 Å². The second kappa shape index (κ2) is 4.95. The van der Waals surface area contributed by atoms with Crippen LogP contribution in [-0.4, -0.2) is 30.6 Å². The number of allylic oxidation sites excluding steroid dienone is 4. The number of hydrazone groups is 1. The Hall–Kier alpha value is -1.38. The summed E-state index contributed by atoms with van der Waals surface area (Å²) in [6.45, 7) is 12.4. The van der Waals surface area contributed by atoms with Crippen LogP contribution in [0.25, 0.3) is 0 Å². The van der Waals surface area contributed by atoms with Crippen molar-refractivity contribution in [1.82, 2.24) is 5.01 Å². The minimum Gasteiger partial charge on any atom is -0.303 e. The summed E-state index contributed by atoms with van der Waals surface area (Å²) in [5.41, 5.74) is 2.17. The molecule has 19 heavy (non-hydrogen) atoms. The van der Waals surface area contributed by atoms with E-state index in [2.05, 4.69) is 46.6 Å². The maximum absolute atomic E-state index is 12.6. The van der Waals surface area contributed by atoms with Crippen molar-refractivity contribution >= 4 is 11.5 Å². The molecule has 0 spiro atoms. The Morgan fingerprint density at radius 3 is 1.53 bits per heavy atom. The molecular weight excluding hydrogens is 236 g/mol. The Labute approximate surface area is 117 Å². The van der Waals surface area contributed by atoms with Crippen molar-refractivity contribution in [3.05, 3.63) is 23.3 Å². The highest BCUT2D eigenvalue weighted by Gasteiger charge is 2.34. The lowest BCUT2D eigenvalue weighted by molar-refractivity contribution is -0.114. The summed E-state index contributed by atoms with van der Waals surface area (Å²) in [6.07, 6.45) is 3.83. The van der Waals surface area contributed by atoms with Crippen molar-refractivity contribution in [3.63, 3.8) is 0 Å². The third kappa shape index (κ3) is 3.79. The highest BCUT2D eigenvalue weighted by molar-refractivity contribution is 6.22. The molecule has 0 atom stereocenters. The molecule has 0 aromatic rings. The molecule has 0 aromatic heterocycles. The van der Waals surface area contributed by atoms with Gasteiger partial charge in [-0.2, -0.15) is 5.10 Å². The standard InChI is InChI=1S/C16H26N2O/c1-15(2,3)12-9-11(17-18(7)8)10-13(14(12)19)16(4,5)6/h9-10H,1-8H3. The largest absolute Gasteiger partial charge is 0.303 e.